The Kier molecular flexibility index (Phi) is 7.09. The van der Waals surface area contributed by atoms with E-state index in [1.165, 1.54) is 25.3 Å². The molecule has 0 N–H and O–H groups in total. The van der Waals surface area contributed by atoms with E-state index >= 15 is 0 Å². The van der Waals surface area contributed by atoms with Gasteiger partial charge in [-0.15, -0.1) is 10.2 Å². The van der Waals surface area contributed by atoms with Gasteiger partial charge in [-0.2, -0.15) is 0 Å². The molecule has 4 nitrogen and oxygen atoms in total. The number of allylic oxidation sites excluding steroid dienone is 1. The maximum atomic E-state index is 11.5. The summed E-state index contributed by atoms with van der Waals surface area (Å²) in [5, 5.41) is 10.7. The highest BCUT2D eigenvalue weighted by Crippen LogP contribution is 2.28. The van der Waals surface area contributed by atoms with Crippen LogP contribution in [0.25, 0.3) is 21.7 Å². The van der Waals surface area contributed by atoms with Gasteiger partial charge in [0.2, 0.25) is 0 Å². The minimum Gasteiger partial charge on any atom is -0.423 e. The molecule has 0 saturated carbocycles. The number of benzene rings is 2. The molecule has 0 bridgehead atoms. The third-order valence-corrected chi connectivity index (χ3v) is 5.33. The predicted molar refractivity (Wildman–Crippen MR) is 114 cm³/mol. The summed E-state index contributed by atoms with van der Waals surface area (Å²) in [6.45, 7) is 3.99. The number of carbonyl (C=O) groups excluding carboxylic acids is 1. The summed E-state index contributed by atoms with van der Waals surface area (Å²) in [6, 6.07) is 15.8. The number of ether oxygens (including phenoxy) is 1. The first-order valence-corrected chi connectivity index (χ1v) is 10.4. The molecular formula is C23H24N2O2S. The number of carbonyl (C=O) groups is 1. The minimum atomic E-state index is -0.370. The van der Waals surface area contributed by atoms with Crippen molar-refractivity contribution in [3.8, 4) is 27.4 Å². The SMILES string of the molecule is C/C=C/C(=O)Oc1ccc(-c2ccc(-c3nnc(CCCCC)s3)cc2)cc1. The van der Waals surface area contributed by atoms with E-state index in [0.29, 0.717) is 5.75 Å². The van der Waals surface area contributed by atoms with Crippen LogP contribution in [0.2, 0.25) is 0 Å². The quantitative estimate of drug-likeness (QED) is 0.202. The van der Waals surface area contributed by atoms with E-state index in [1.54, 1.807) is 36.5 Å². The number of esters is 1. The number of hydrogen-bond donors (Lipinski definition) is 0. The number of aryl methyl sites for hydroxylation is 1. The van der Waals surface area contributed by atoms with Gasteiger partial charge in [-0.1, -0.05) is 73.6 Å². The molecule has 28 heavy (non-hydrogen) atoms. The molecule has 0 saturated heterocycles. The van der Waals surface area contributed by atoms with Crippen LogP contribution >= 0.6 is 11.3 Å². The third kappa shape index (κ3) is 5.36. The maximum Gasteiger partial charge on any atom is 0.335 e. The summed E-state index contributed by atoms with van der Waals surface area (Å²) in [6.07, 6.45) is 7.68. The van der Waals surface area contributed by atoms with Gasteiger partial charge in [-0.25, -0.2) is 4.79 Å². The largest absolute Gasteiger partial charge is 0.423 e. The highest BCUT2D eigenvalue weighted by Gasteiger charge is 2.07. The van der Waals surface area contributed by atoms with Gasteiger partial charge in [0.25, 0.3) is 0 Å². The zero-order chi connectivity index (χ0) is 19.8. The smallest absolute Gasteiger partial charge is 0.335 e. The molecule has 0 amide bonds. The standard InChI is InChI=1S/C23H24N2O2S/c1-3-5-6-8-21-24-25-23(28-21)19-11-9-17(10-12-19)18-13-15-20(16-14-18)27-22(26)7-4-2/h4,7,9-16H,3,5-6,8H2,1-2H3/b7-4+. The Morgan fingerprint density at radius 3 is 2.25 bits per heavy atom. The topological polar surface area (TPSA) is 52.1 Å². The Morgan fingerprint density at radius 2 is 1.61 bits per heavy atom. The van der Waals surface area contributed by atoms with E-state index in [4.69, 9.17) is 4.74 Å². The van der Waals surface area contributed by atoms with Crippen LogP contribution in [0, 0.1) is 0 Å². The molecule has 2 aromatic carbocycles. The first-order valence-electron chi connectivity index (χ1n) is 9.57. The molecule has 0 unspecified atom stereocenters. The van der Waals surface area contributed by atoms with Crippen LogP contribution < -0.4 is 4.74 Å². The predicted octanol–water partition coefficient (Wildman–Crippen LogP) is 6.09. The van der Waals surface area contributed by atoms with Crippen molar-refractivity contribution in [2.75, 3.05) is 0 Å². The summed E-state index contributed by atoms with van der Waals surface area (Å²) in [7, 11) is 0. The second-order valence-corrected chi connectivity index (χ2v) is 7.54. The second kappa shape index (κ2) is 9.95. The number of unbranched alkanes of at least 4 members (excludes halogenated alkanes) is 2. The average molecular weight is 393 g/mol. The molecule has 0 atom stereocenters. The zero-order valence-corrected chi connectivity index (χ0v) is 17.0. The van der Waals surface area contributed by atoms with Crippen LogP contribution in [0.1, 0.15) is 38.1 Å². The lowest BCUT2D eigenvalue weighted by atomic mass is 10.0. The fourth-order valence-electron chi connectivity index (χ4n) is 2.80. The van der Waals surface area contributed by atoms with E-state index < -0.39 is 0 Å². The summed E-state index contributed by atoms with van der Waals surface area (Å²) >= 11 is 1.67. The maximum absolute atomic E-state index is 11.5. The van der Waals surface area contributed by atoms with Crippen molar-refractivity contribution in [3.05, 3.63) is 65.7 Å². The lowest BCUT2D eigenvalue weighted by molar-refractivity contribution is -0.129. The summed E-state index contributed by atoms with van der Waals surface area (Å²) in [4.78, 5) is 11.5. The third-order valence-electron chi connectivity index (χ3n) is 4.30. The van der Waals surface area contributed by atoms with Crippen LogP contribution in [0.4, 0.5) is 0 Å². The minimum absolute atomic E-state index is 0.370. The van der Waals surface area contributed by atoms with Gasteiger partial charge in [0.05, 0.1) is 0 Å². The van der Waals surface area contributed by atoms with E-state index in [2.05, 4.69) is 41.4 Å². The van der Waals surface area contributed by atoms with Crippen LogP contribution in [-0.4, -0.2) is 16.2 Å². The van der Waals surface area contributed by atoms with Gasteiger partial charge in [-0.3, -0.25) is 0 Å². The number of rotatable bonds is 8. The Bertz CT molecular complexity index is 928. The molecule has 1 aromatic heterocycles. The van der Waals surface area contributed by atoms with E-state index in [0.717, 1.165) is 33.1 Å². The fourth-order valence-corrected chi connectivity index (χ4v) is 3.69. The van der Waals surface area contributed by atoms with Crippen molar-refractivity contribution in [1.29, 1.82) is 0 Å². The molecule has 3 aromatic rings. The van der Waals surface area contributed by atoms with Gasteiger partial charge >= 0.3 is 5.97 Å². The van der Waals surface area contributed by atoms with Crippen molar-refractivity contribution < 1.29 is 9.53 Å². The molecular weight excluding hydrogens is 368 g/mol. The van der Waals surface area contributed by atoms with Crippen molar-refractivity contribution >= 4 is 17.3 Å². The Morgan fingerprint density at radius 1 is 0.964 bits per heavy atom. The molecule has 0 fully saturated rings. The number of nitrogens with zero attached hydrogens (tertiary/aromatic N) is 2. The normalized spacial score (nSPS) is 11.1. The fraction of sp³-hybridized carbons (Fsp3) is 0.261. The molecule has 5 heteroatoms. The summed E-state index contributed by atoms with van der Waals surface area (Å²) < 4.78 is 5.22. The average Bonchev–Trinajstić information content (AvgIpc) is 3.18. The molecule has 1 heterocycles. The molecule has 144 valence electrons. The lowest BCUT2D eigenvalue weighted by Gasteiger charge is -2.05. The first kappa shape index (κ1) is 20.0. The first-order chi connectivity index (χ1) is 13.7. The highest BCUT2D eigenvalue weighted by molar-refractivity contribution is 7.14. The van der Waals surface area contributed by atoms with Crippen LogP contribution in [0.3, 0.4) is 0 Å². The van der Waals surface area contributed by atoms with Gasteiger partial charge in [0.1, 0.15) is 15.8 Å². The monoisotopic (exact) mass is 392 g/mol. The molecule has 0 radical (unpaired) electrons. The van der Waals surface area contributed by atoms with Crippen molar-refractivity contribution in [3.63, 3.8) is 0 Å². The van der Waals surface area contributed by atoms with E-state index in [9.17, 15) is 4.79 Å². The molecule has 0 aliphatic rings. The van der Waals surface area contributed by atoms with E-state index in [-0.39, 0.29) is 5.97 Å². The van der Waals surface area contributed by atoms with Gasteiger partial charge in [-0.05, 0) is 36.6 Å². The van der Waals surface area contributed by atoms with Crippen molar-refractivity contribution in [2.24, 2.45) is 0 Å². The Labute approximate surface area is 169 Å². The zero-order valence-electron chi connectivity index (χ0n) is 16.2. The van der Waals surface area contributed by atoms with Crippen LogP contribution in [0.5, 0.6) is 5.75 Å². The van der Waals surface area contributed by atoms with Gasteiger partial charge in [0.15, 0.2) is 0 Å². The van der Waals surface area contributed by atoms with Gasteiger partial charge < -0.3 is 4.74 Å². The molecule has 3 rings (SSSR count). The lowest BCUT2D eigenvalue weighted by Crippen LogP contribution is -2.03. The Balaban J connectivity index is 1.66. The molecule has 0 spiro atoms. The van der Waals surface area contributed by atoms with Gasteiger partial charge in [0, 0.05) is 18.1 Å². The highest BCUT2D eigenvalue weighted by atomic mass is 32.1. The summed E-state index contributed by atoms with van der Waals surface area (Å²) in [5.41, 5.74) is 3.25. The van der Waals surface area contributed by atoms with Crippen LogP contribution in [-0.2, 0) is 11.2 Å². The second-order valence-electron chi connectivity index (χ2n) is 6.48. The molecule has 0 aliphatic heterocycles. The van der Waals surface area contributed by atoms with Crippen molar-refractivity contribution in [1.82, 2.24) is 10.2 Å². The Hall–Kier alpha value is -2.79. The number of hydrogen-bond acceptors (Lipinski definition) is 5. The molecule has 0 aliphatic carbocycles. The van der Waals surface area contributed by atoms with Crippen molar-refractivity contribution in [2.45, 2.75) is 39.5 Å². The van der Waals surface area contributed by atoms with E-state index in [1.807, 2.05) is 12.1 Å². The summed E-state index contributed by atoms with van der Waals surface area (Å²) in [5.74, 6) is 0.165. The van der Waals surface area contributed by atoms with Crippen LogP contribution in [0.15, 0.2) is 60.7 Å². The number of aromatic nitrogens is 2.